The number of rotatable bonds is 6. The fourth-order valence-electron chi connectivity index (χ4n) is 2.53. The maximum Gasteiger partial charge on any atom is 0.222 e. The summed E-state index contributed by atoms with van der Waals surface area (Å²) in [5.41, 5.74) is 1.20. The predicted octanol–water partition coefficient (Wildman–Crippen LogP) is 3.29. The van der Waals surface area contributed by atoms with E-state index in [1.54, 1.807) is 0 Å². The predicted molar refractivity (Wildman–Crippen MR) is 90.7 cm³/mol. The van der Waals surface area contributed by atoms with E-state index in [1.807, 2.05) is 32.9 Å². The van der Waals surface area contributed by atoms with Crippen LogP contribution in [0.4, 0.5) is 0 Å². The SMILES string of the molecule is CC(Cc1ccc2ccccc2c1)NC(=O)CC(O)C(C)C. The van der Waals surface area contributed by atoms with Gasteiger partial charge in [0.1, 0.15) is 0 Å². The van der Waals surface area contributed by atoms with E-state index in [1.165, 1.54) is 16.3 Å². The largest absolute Gasteiger partial charge is 0.392 e. The van der Waals surface area contributed by atoms with Crippen LogP contribution < -0.4 is 5.32 Å². The van der Waals surface area contributed by atoms with Crippen molar-refractivity contribution in [3.05, 3.63) is 48.0 Å². The molecule has 3 heteroatoms. The Balaban J connectivity index is 1.93. The van der Waals surface area contributed by atoms with Crippen molar-refractivity contribution in [1.29, 1.82) is 0 Å². The smallest absolute Gasteiger partial charge is 0.222 e. The number of aliphatic hydroxyl groups excluding tert-OH is 1. The monoisotopic (exact) mass is 299 g/mol. The van der Waals surface area contributed by atoms with E-state index >= 15 is 0 Å². The van der Waals surface area contributed by atoms with Crippen LogP contribution in [0.15, 0.2) is 42.5 Å². The summed E-state index contributed by atoms with van der Waals surface area (Å²) in [5.74, 6) is 0.0102. The fourth-order valence-corrected chi connectivity index (χ4v) is 2.53. The second-order valence-electron chi connectivity index (χ2n) is 6.37. The van der Waals surface area contributed by atoms with Gasteiger partial charge in [0.25, 0.3) is 0 Å². The number of aliphatic hydroxyl groups is 1. The van der Waals surface area contributed by atoms with E-state index < -0.39 is 6.10 Å². The molecule has 0 saturated heterocycles. The molecule has 3 nitrogen and oxygen atoms in total. The van der Waals surface area contributed by atoms with E-state index in [-0.39, 0.29) is 24.3 Å². The third kappa shape index (κ3) is 4.57. The van der Waals surface area contributed by atoms with Crippen LogP contribution in [-0.4, -0.2) is 23.2 Å². The van der Waals surface area contributed by atoms with Gasteiger partial charge in [-0.2, -0.15) is 0 Å². The molecular weight excluding hydrogens is 274 g/mol. The molecule has 0 aliphatic heterocycles. The van der Waals surface area contributed by atoms with E-state index in [4.69, 9.17) is 0 Å². The highest BCUT2D eigenvalue weighted by Crippen LogP contribution is 2.16. The third-order valence-corrected chi connectivity index (χ3v) is 3.93. The summed E-state index contributed by atoms with van der Waals surface area (Å²) < 4.78 is 0. The lowest BCUT2D eigenvalue weighted by Gasteiger charge is -2.18. The molecule has 0 heterocycles. The minimum atomic E-state index is -0.576. The second-order valence-corrected chi connectivity index (χ2v) is 6.37. The molecule has 2 unspecified atom stereocenters. The van der Waals surface area contributed by atoms with E-state index in [9.17, 15) is 9.90 Å². The van der Waals surface area contributed by atoms with Crippen molar-refractivity contribution >= 4 is 16.7 Å². The molecule has 2 aromatic carbocycles. The van der Waals surface area contributed by atoms with Crippen LogP contribution in [0.5, 0.6) is 0 Å². The molecule has 2 aromatic rings. The average Bonchev–Trinajstić information content (AvgIpc) is 2.46. The fraction of sp³-hybridized carbons (Fsp3) is 0.421. The molecular formula is C19H25NO2. The van der Waals surface area contributed by atoms with Crippen molar-refractivity contribution < 1.29 is 9.90 Å². The Morgan fingerprint density at radius 1 is 1.09 bits per heavy atom. The highest BCUT2D eigenvalue weighted by molar-refractivity contribution is 5.83. The van der Waals surface area contributed by atoms with Crippen LogP contribution in [0, 0.1) is 5.92 Å². The average molecular weight is 299 g/mol. The molecule has 0 radical (unpaired) electrons. The Morgan fingerprint density at radius 3 is 2.45 bits per heavy atom. The van der Waals surface area contributed by atoms with Crippen LogP contribution in [-0.2, 0) is 11.2 Å². The summed E-state index contributed by atoms with van der Waals surface area (Å²) >= 11 is 0. The highest BCUT2D eigenvalue weighted by atomic mass is 16.3. The van der Waals surface area contributed by atoms with Crippen molar-refractivity contribution in [2.75, 3.05) is 0 Å². The van der Waals surface area contributed by atoms with E-state index in [2.05, 4.69) is 35.6 Å². The Labute approximate surface area is 132 Å². The lowest BCUT2D eigenvalue weighted by Crippen LogP contribution is -2.36. The van der Waals surface area contributed by atoms with Crippen LogP contribution in [0.25, 0.3) is 10.8 Å². The second kappa shape index (κ2) is 7.41. The zero-order valence-corrected chi connectivity index (χ0v) is 13.5. The molecule has 118 valence electrons. The van der Waals surface area contributed by atoms with Gasteiger partial charge in [-0.1, -0.05) is 56.3 Å². The maximum atomic E-state index is 11.9. The molecule has 0 fully saturated rings. The number of nitrogens with one attached hydrogen (secondary N) is 1. The molecule has 22 heavy (non-hydrogen) atoms. The van der Waals surface area contributed by atoms with Gasteiger partial charge in [0.15, 0.2) is 0 Å². The normalized spacial score (nSPS) is 14.0. The number of carbonyl (C=O) groups excluding carboxylic acids is 1. The van der Waals surface area contributed by atoms with Crippen molar-refractivity contribution in [1.82, 2.24) is 5.32 Å². The van der Waals surface area contributed by atoms with Crippen LogP contribution in [0.3, 0.4) is 0 Å². The lowest BCUT2D eigenvalue weighted by molar-refractivity contribution is -0.124. The van der Waals surface area contributed by atoms with Gasteiger partial charge in [-0.25, -0.2) is 0 Å². The van der Waals surface area contributed by atoms with Gasteiger partial charge >= 0.3 is 0 Å². The summed E-state index contributed by atoms with van der Waals surface area (Å²) in [6.07, 6.45) is 0.376. The van der Waals surface area contributed by atoms with Crippen molar-refractivity contribution in [2.24, 2.45) is 5.92 Å². The minimum Gasteiger partial charge on any atom is -0.392 e. The zero-order valence-electron chi connectivity index (χ0n) is 13.5. The number of hydrogen-bond donors (Lipinski definition) is 2. The molecule has 0 aromatic heterocycles. The Morgan fingerprint density at radius 2 is 1.77 bits per heavy atom. The first-order chi connectivity index (χ1) is 10.5. The van der Waals surface area contributed by atoms with E-state index in [0.717, 1.165) is 6.42 Å². The van der Waals surface area contributed by atoms with Gasteiger partial charge < -0.3 is 10.4 Å². The molecule has 2 rings (SSSR count). The Kier molecular flexibility index (Phi) is 5.56. The van der Waals surface area contributed by atoms with Gasteiger partial charge in [0.2, 0.25) is 5.91 Å². The van der Waals surface area contributed by atoms with Gasteiger partial charge in [0, 0.05) is 6.04 Å². The van der Waals surface area contributed by atoms with Crippen molar-refractivity contribution in [3.8, 4) is 0 Å². The first-order valence-corrected chi connectivity index (χ1v) is 7.91. The molecule has 2 atom stereocenters. The van der Waals surface area contributed by atoms with Gasteiger partial charge in [-0.05, 0) is 35.6 Å². The van der Waals surface area contributed by atoms with Gasteiger partial charge in [-0.3, -0.25) is 4.79 Å². The van der Waals surface area contributed by atoms with Crippen LogP contribution in [0.1, 0.15) is 32.8 Å². The molecule has 0 saturated carbocycles. The molecule has 0 spiro atoms. The third-order valence-electron chi connectivity index (χ3n) is 3.93. The zero-order chi connectivity index (χ0) is 16.1. The molecule has 0 aliphatic rings. The topological polar surface area (TPSA) is 49.3 Å². The first-order valence-electron chi connectivity index (χ1n) is 7.91. The molecule has 1 amide bonds. The number of hydrogen-bond acceptors (Lipinski definition) is 2. The number of fused-ring (bicyclic) bond motifs is 1. The van der Waals surface area contributed by atoms with Gasteiger partial charge in [-0.15, -0.1) is 0 Å². The Bertz CT molecular complexity index is 636. The standard InChI is InChI=1S/C19H25NO2/c1-13(2)18(21)12-19(22)20-14(3)10-15-8-9-16-6-4-5-7-17(16)11-15/h4-9,11,13-14,18,21H,10,12H2,1-3H3,(H,20,22). The van der Waals surface area contributed by atoms with Gasteiger partial charge in [0.05, 0.1) is 12.5 Å². The first kappa shape index (κ1) is 16.5. The summed E-state index contributed by atoms with van der Waals surface area (Å²) in [7, 11) is 0. The molecule has 2 N–H and O–H groups in total. The number of carbonyl (C=O) groups is 1. The Hall–Kier alpha value is -1.87. The van der Waals surface area contributed by atoms with Crippen LogP contribution >= 0.6 is 0 Å². The lowest BCUT2D eigenvalue weighted by atomic mass is 10.0. The summed E-state index contributed by atoms with van der Waals surface area (Å²) in [6, 6.07) is 14.7. The summed E-state index contributed by atoms with van der Waals surface area (Å²) in [4.78, 5) is 11.9. The quantitative estimate of drug-likeness (QED) is 0.860. The van der Waals surface area contributed by atoms with Crippen LogP contribution in [0.2, 0.25) is 0 Å². The molecule has 0 aliphatic carbocycles. The van der Waals surface area contributed by atoms with Crippen molar-refractivity contribution in [3.63, 3.8) is 0 Å². The minimum absolute atomic E-state index is 0.0491. The number of benzene rings is 2. The summed E-state index contributed by atoms with van der Waals surface area (Å²) in [5, 5.41) is 15.2. The number of amides is 1. The maximum absolute atomic E-state index is 11.9. The van der Waals surface area contributed by atoms with E-state index in [0.29, 0.717) is 0 Å². The summed E-state index contributed by atoms with van der Waals surface area (Å²) in [6.45, 7) is 5.82. The highest BCUT2D eigenvalue weighted by Gasteiger charge is 2.16. The van der Waals surface area contributed by atoms with Crippen molar-refractivity contribution in [2.45, 2.75) is 45.8 Å². The molecule has 0 bridgehead atoms.